The average molecular weight is 373 g/mol. The minimum absolute atomic E-state index is 0.183. The number of rotatable bonds is 3. The number of likely N-dealkylation sites (tertiary alicyclic amines) is 2. The zero-order valence-corrected chi connectivity index (χ0v) is 16.0. The van der Waals surface area contributed by atoms with Crippen molar-refractivity contribution < 1.29 is 9.18 Å². The first-order valence-electron chi connectivity index (χ1n) is 9.35. The van der Waals surface area contributed by atoms with Gasteiger partial charge in [0.1, 0.15) is 5.82 Å². The average Bonchev–Trinajstić information content (AvgIpc) is 3.23. The van der Waals surface area contributed by atoms with Gasteiger partial charge in [-0.15, -0.1) is 11.3 Å². The molecule has 1 aromatic heterocycles. The Bertz CT molecular complexity index is 788. The molecule has 2 aliphatic heterocycles. The summed E-state index contributed by atoms with van der Waals surface area (Å²) in [6.45, 7) is 6.71. The quantitative estimate of drug-likeness (QED) is 0.801. The van der Waals surface area contributed by atoms with Crippen LogP contribution in [0.25, 0.3) is 0 Å². The summed E-state index contributed by atoms with van der Waals surface area (Å²) in [5.74, 6) is 0.0164. The number of carbonyl (C=O) groups excluding carboxylic acids is 1. The molecule has 0 radical (unpaired) electrons. The highest BCUT2D eigenvalue weighted by molar-refractivity contribution is 7.12. The topological polar surface area (TPSA) is 23.6 Å². The molecule has 0 aliphatic carbocycles. The maximum Gasteiger partial charge on any atom is 0.264 e. The lowest BCUT2D eigenvalue weighted by atomic mass is 9.79. The molecule has 1 atom stereocenters. The Morgan fingerprint density at radius 3 is 2.69 bits per heavy atom. The van der Waals surface area contributed by atoms with Crippen LogP contribution in [0.15, 0.2) is 35.7 Å². The molecule has 26 heavy (non-hydrogen) atoms. The van der Waals surface area contributed by atoms with Crippen molar-refractivity contribution >= 4 is 17.2 Å². The Balaban J connectivity index is 1.41. The fourth-order valence-electron chi connectivity index (χ4n) is 4.47. The Hall–Kier alpha value is -1.72. The van der Waals surface area contributed by atoms with Crippen LogP contribution >= 0.6 is 11.3 Å². The van der Waals surface area contributed by atoms with Gasteiger partial charge in [-0.25, -0.2) is 4.39 Å². The second-order valence-electron chi connectivity index (χ2n) is 7.85. The lowest BCUT2D eigenvalue weighted by Gasteiger charge is -2.40. The van der Waals surface area contributed by atoms with Crippen molar-refractivity contribution in [2.24, 2.45) is 5.41 Å². The van der Waals surface area contributed by atoms with Crippen LogP contribution in [0.5, 0.6) is 0 Å². The maximum absolute atomic E-state index is 13.1. The molecule has 2 aromatic rings. The molecule has 5 heteroatoms. The summed E-state index contributed by atoms with van der Waals surface area (Å²) >= 11 is 1.55. The Labute approximate surface area is 158 Å². The molecule has 0 N–H and O–H groups in total. The molecule has 3 heterocycles. The lowest BCUT2D eigenvalue weighted by molar-refractivity contribution is 0.0678. The summed E-state index contributed by atoms with van der Waals surface area (Å²) in [7, 11) is 0. The highest BCUT2D eigenvalue weighted by Gasteiger charge is 2.43. The predicted octanol–water partition coefficient (Wildman–Crippen LogP) is 4.32. The fourth-order valence-corrected chi connectivity index (χ4v) is 5.36. The second kappa shape index (κ2) is 7.12. The van der Waals surface area contributed by atoms with Gasteiger partial charge >= 0.3 is 0 Å². The summed E-state index contributed by atoms with van der Waals surface area (Å²) in [6.07, 6.45) is 3.45. The van der Waals surface area contributed by atoms with Crippen LogP contribution in [0.3, 0.4) is 0 Å². The largest absolute Gasteiger partial charge is 0.337 e. The Morgan fingerprint density at radius 1 is 1.15 bits per heavy atom. The van der Waals surface area contributed by atoms with Crippen molar-refractivity contribution in [3.05, 3.63) is 57.5 Å². The molecule has 2 aliphatic rings. The van der Waals surface area contributed by atoms with Gasteiger partial charge in [-0.3, -0.25) is 9.69 Å². The van der Waals surface area contributed by atoms with Crippen molar-refractivity contribution in [2.45, 2.75) is 32.7 Å². The van der Waals surface area contributed by atoms with E-state index in [4.69, 9.17) is 0 Å². The molecule has 2 fully saturated rings. The van der Waals surface area contributed by atoms with E-state index in [0.29, 0.717) is 0 Å². The number of halogens is 1. The molecule has 138 valence electrons. The summed E-state index contributed by atoms with van der Waals surface area (Å²) < 4.78 is 13.1. The number of piperidine rings is 1. The minimum atomic E-state index is -0.183. The second-order valence-corrected chi connectivity index (χ2v) is 8.77. The molecule has 1 spiro atoms. The molecular formula is C21H25FN2OS. The van der Waals surface area contributed by atoms with Crippen molar-refractivity contribution in [1.29, 1.82) is 0 Å². The molecule has 4 rings (SSSR count). The molecule has 2 saturated heterocycles. The van der Waals surface area contributed by atoms with E-state index in [0.717, 1.165) is 55.1 Å². The number of hydrogen-bond acceptors (Lipinski definition) is 3. The third kappa shape index (κ3) is 3.55. The fraction of sp³-hybridized carbons (Fsp3) is 0.476. The van der Waals surface area contributed by atoms with E-state index in [-0.39, 0.29) is 17.1 Å². The first-order chi connectivity index (χ1) is 12.5. The third-order valence-corrected chi connectivity index (χ3v) is 6.85. The SMILES string of the molecule is Cc1ccsc1C(=O)N1CCC2(CCCN(Cc3ccc(F)cc3)C2)C1. The number of thiophene rings is 1. The molecule has 3 nitrogen and oxygen atoms in total. The van der Waals surface area contributed by atoms with E-state index in [2.05, 4.69) is 9.80 Å². The monoisotopic (exact) mass is 372 g/mol. The van der Waals surface area contributed by atoms with E-state index in [1.807, 2.05) is 30.5 Å². The van der Waals surface area contributed by atoms with Crippen LogP contribution in [-0.2, 0) is 6.54 Å². The zero-order chi connectivity index (χ0) is 18.1. The van der Waals surface area contributed by atoms with E-state index in [9.17, 15) is 9.18 Å². The summed E-state index contributed by atoms with van der Waals surface area (Å²) in [6, 6.07) is 8.85. The first-order valence-corrected chi connectivity index (χ1v) is 10.2. The molecule has 0 bridgehead atoms. The van der Waals surface area contributed by atoms with Crippen LogP contribution in [-0.4, -0.2) is 41.9 Å². The van der Waals surface area contributed by atoms with Gasteiger partial charge < -0.3 is 4.90 Å². The summed E-state index contributed by atoms with van der Waals surface area (Å²) in [4.78, 5) is 18.3. The smallest absolute Gasteiger partial charge is 0.264 e. The molecule has 1 unspecified atom stereocenters. The van der Waals surface area contributed by atoms with Crippen molar-refractivity contribution in [1.82, 2.24) is 9.80 Å². The van der Waals surface area contributed by atoms with Gasteiger partial charge in [0.2, 0.25) is 0 Å². The van der Waals surface area contributed by atoms with Crippen LogP contribution in [0.2, 0.25) is 0 Å². The normalized spacial score (nSPS) is 23.7. The van der Waals surface area contributed by atoms with Crippen molar-refractivity contribution in [3.63, 3.8) is 0 Å². The Kier molecular flexibility index (Phi) is 4.84. The standard InChI is InChI=1S/C21H25FN2OS/c1-16-7-12-26-19(16)20(25)24-11-9-21(15-24)8-2-10-23(14-21)13-17-3-5-18(22)6-4-17/h3-7,12H,2,8-11,13-15H2,1H3. The van der Waals surface area contributed by atoms with Gasteiger partial charge in [-0.1, -0.05) is 12.1 Å². The van der Waals surface area contributed by atoms with Crippen LogP contribution < -0.4 is 0 Å². The van der Waals surface area contributed by atoms with Gasteiger partial charge in [-0.2, -0.15) is 0 Å². The minimum Gasteiger partial charge on any atom is -0.337 e. The number of hydrogen-bond donors (Lipinski definition) is 0. The highest BCUT2D eigenvalue weighted by atomic mass is 32.1. The number of amides is 1. The van der Waals surface area contributed by atoms with Crippen molar-refractivity contribution in [3.8, 4) is 0 Å². The van der Waals surface area contributed by atoms with Gasteiger partial charge in [0.05, 0.1) is 4.88 Å². The maximum atomic E-state index is 13.1. The first kappa shape index (κ1) is 17.7. The van der Waals surface area contributed by atoms with Crippen LogP contribution in [0, 0.1) is 18.2 Å². The molecule has 1 amide bonds. The number of benzene rings is 1. The highest BCUT2D eigenvalue weighted by Crippen LogP contribution is 2.40. The van der Waals surface area contributed by atoms with Crippen molar-refractivity contribution in [2.75, 3.05) is 26.2 Å². The van der Waals surface area contributed by atoms with Gasteiger partial charge in [0.25, 0.3) is 5.91 Å². The van der Waals surface area contributed by atoms with E-state index in [1.165, 1.54) is 25.0 Å². The number of aryl methyl sites for hydroxylation is 1. The summed E-state index contributed by atoms with van der Waals surface area (Å²) in [5.41, 5.74) is 2.46. The zero-order valence-electron chi connectivity index (χ0n) is 15.2. The number of carbonyl (C=O) groups is 1. The van der Waals surface area contributed by atoms with E-state index < -0.39 is 0 Å². The molecule has 1 aromatic carbocycles. The lowest BCUT2D eigenvalue weighted by Crippen LogP contribution is -2.45. The third-order valence-electron chi connectivity index (χ3n) is 5.84. The predicted molar refractivity (Wildman–Crippen MR) is 103 cm³/mol. The van der Waals surface area contributed by atoms with Gasteiger partial charge in [0.15, 0.2) is 0 Å². The van der Waals surface area contributed by atoms with Crippen LogP contribution in [0.1, 0.15) is 40.1 Å². The van der Waals surface area contributed by atoms with Gasteiger partial charge in [0, 0.05) is 31.6 Å². The number of nitrogens with zero attached hydrogens (tertiary/aromatic N) is 2. The van der Waals surface area contributed by atoms with E-state index >= 15 is 0 Å². The van der Waals surface area contributed by atoms with E-state index in [1.54, 1.807) is 11.3 Å². The van der Waals surface area contributed by atoms with Crippen LogP contribution in [0.4, 0.5) is 4.39 Å². The molecule has 0 saturated carbocycles. The van der Waals surface area contributed by atoms with Gasteiger partial charge in [-0.05, 0) is 67.4 Å². The molecular weight excluding hydrogens is 347 g/mol. The summed E-state index contributed by atoms with van der Waals surface area (Å²) in [5, 5.41) is 2.00. The Morgan fingerprint density at radius 2 is 1.96 bits per heavy atom.